The van der Waals surface area contributed by atoms with Gasteiger partial charge in [0, 0.05) is 30.1 Å². The molecule has 1 unspecified atom stereocenters. The fourth-order valence-corrected chi connectivity index (χ4v) is 4.67. The van der Waals surface area contributed by atoms with Gasteiger partial charge in [0.05, 0.1) is 16.6 Å². The van der Waals surface area contributed by atoms with Gasteiger partial charge in [-0.3, -0.25) is 0 Å². The Morgan fingerprint density at radius 1 is 1.17 bits per heavy atom. The van der Waals surface area contributed by atoms with Gasteiger partial charge >= 0.3 is 0 Å². The van der Waals surface area contributed by atoms with Crippen molar-refractivity contribution in [1.29, 1.82) is 0 Å². The van der Waals surface area contributed by atoms with Gasteiger partial charge in [0.15, 0.2) is 0 Å². The van der Waals surface area contributed by atoms with E-state index in [1.165, 1.54) is 34.8 Å². The number of anilines is 1. The van der Waals surface area contributed by atoms with Crippen LogP contribution in [0.4, 0.5) is 5.13 Å². The van der Waals surface area contributed by atoms with Crippen LogP contribution in [0.1, 0.15) is 48.1 Å². The van der Waals surface area contributed by atoms with Gasteiger partial charge in [-0.2, -0.15) is 4.37 Å². The van der Waals surface area contributed by atoms with E-state index in [0.717, 1.165) is 21.7 Å². The summed E-state index contributed by atoms with van der Waals surface area (Å²) in [4.78, 5) is 13.0. The largest absolute Gasteiger partial charge is 0.342 e. The molecule has 124 valence electrons. The number of aryl methyl sites for hydroxylation is 1. The van der Waals surface area contributed by atoms with Crippen LogP contribution in [0.25, 0.3) is 10.6 Å². The topological polar surface area (TPSA) is 41.9 Å². The van der Waals surface area contributed by atoms with E-state index in [4.69, 9.17) is 9.97 Å². The molecule has 1 saturated carbocycles. The average Bonchev–Trinajstić information content (AvgIpc) is 3.21. The molecule has 1 aliphatic rings. The lowest BCUT2D eigenvalue weighted by molar-refractivity contribution is 0.740. The number of nitrogens with zero attached hydrogens (tertiary/aromatic N) is 4. The van der Waals surface area contributed by atoms with E-state index in [9.17, 15) is 0 Å². The van der Waals surface area contributed by atoms with Crippen molar-refractivity contribution >= 4 is 28.0 Å². The second-order valence-corrected chi connectivity index (χ2v) is 8.09. The maximum absolute atomic E-state index is 4.78. The molecule has 0 aliphatic heterocycles. The van der Waals surface area contributed by atoms with Crippen LogP contribution in [-0.4, -0.2) is 21.4 Å². The summed E-state index contributed by atoms with van der Waals surface area (Å²) in [5.74, 6) is 1.63. The molecule has 1 aromatic carbocycles. The highest BCUT2D eigenvalue weighted by Gasteiger charge is 2.29. The SMILES string of the molecule is Cc1nc(-c2ccccc2)sc1C(C)N(C)c1nc(C2CC2)ns1. The Hall–Kier alpha value is -1.79. The third-order valence-electron chi connectivity index (χ3n) is 4.49. The van der Waals surface area contributed by atoms with E-state index in [1.54, 1.807) is 11.3 Å². The van der Waals surface area contributed by atoms with Gasteiger partial charge in [0.1, 0.15) is 10.8 Å². The van der Waals surface area contributed by atoms with Crippen LogP contribution >= 0.6 is 22.9 Å². The van der Waals surface area contributed by atoms with Crippen LogP contribution < -0.4 is 4.90 Å². The Morgan fingerprint density at radius 3 is 2.62 bits per heavy atom. The van der Waals surface area contributed by atoms with Gasteiger partial charge in [-0.05, 0) is 26.7 Å². The van der Waals surface area contributed by atoms with E-state index in [0.29, 0.717) is 5.92 Å². The fourth-order valence-electron chi connectivity index (χ4n) is 2.72. The van der Waals surface area contributed by atoms with Crippen molar-refractivity contribution in [3.05, 3.63) is 46.7 Å². The molecule has 3 aromatic rings. The van der Waals surface area contributed by atoms with E-state index in [-0.39, 0.29) is 6.04 Å². The summed E-state index contributed by atoms with van der Waals surface area (Å²) >= 11 is 3.28. The second-order valence-electron chi connectivity index (χ2n) is 6.33. The quantitative estimate of drug-likeness (QED) is 0.642. The van der Waals surface area contributed by atoms with Gasteiger partial charge in [0.25, 0.3) is 0 Å². The lowest BCUT2D eigenvalue weighted by Crippen LogP contribution is -2.21. The standard InChI is InChI=1S/C18H20N4S2/c1-11-15(23-17(19-11)14-7-5-4-6-8-14)12(2)22(3)18-20-16(21-24-18)13-9-10-13/h4-8,12-13H,9-10H2,1-3H3. The van der Waals surface area contributed by atoms with Gasteiger partial charge in [0.2, 0.25) is 5.13 Å². The van der Waals surface area contributed by atoms with Crippen molar-refractivity contribution in [3.63, 3.8) is 0 Å². The molecule has 1 aliphatic carbocycles. The first-order valence-electron chi connectivity index (χ1n) is 8.22. The molecule has 0 radical (unpaired) electrons. The Bertz CT molecular complexity index is 836. The van der Waals surface area contributed by atoms with Crippen LogP contribution in [0.15, 0.2) is 30.3 Å². The summed E-state index contributed by atoms with van der Waals surface area (Å²) in [6.45, 7) is 4.31. The van der Waals surface area contributed by atoms with Gasteiger partial charge in [-0.25, -0.2) is 9.97 Å². The highest BCUT2D eigenvalue weighted by Crippen LogP contribution is 2.41. The summed E-state index contributed by atoms with van der Waals surface area (Å²) < 4.78 is 4.53. The number of hydrogen-bond donors (Lipinski definition) is 0. The summed E-state index contributed by atoms with van der Waals surface area (Å²) in [5.41, 5.74) is 2.28. The van der Waals surface area contributed by atoms with E-state index >= 15 is 0 Å². The summed E-state index contributed by atoms with van der Waals surface area (Å²) in [6, 6.07) is 10.6. The predicted octanol–water partition coefficient (Wildman–Crippen LogP) is 5.04. The molecular formula is C18H20N4S2. The first-order valence-corrected chi connectivity index (χ1v) is 9.81. The molecule has 1 fully saturated rings. The minimum atomic E-state index is 0.236. The highest BCUT2D eigenvalue weighted by atomic mass is 32.1. The van der Waals surface area contributed by atoms with E-state index in [2.05, 4.69) is 54.4 Å². The lowest BCUT2D eigenvalue weighted by Gasteiger charge is -2.23. The lowest BCUT2D eigenvalue weighted by atomic mass is 10.2. The number of hydrogen-bond acceptors (Lipinski definition) is 6. The first-order chi connectivity index (χ1) is 11.6. The Balaban J connectivity index is 1.59. The zero-order chi connectivity index (χ0) is 16.7. The zero-order valence-corrected chi connectivity index (χ0v) is 15.7. The molecule has 24 heavy (non-hydrogen) atoms. The van der Waals surface area contributed by atoms with Crippen molar-refractivity contribution < 1.29 is 0 Å². The van der Waals surface area contributed by atoms with Crippen molar-refractivity contribution in [2.75, 3.05) is 11.9 Å². The van der Waals surface area contributed by atoms with Crippen LogP contribution in [0.3, 0.4) is 0 Å². The first kappa shape index (κ1) is 15.7. The van der Waals surface area contributed by atoms with Gasteiger partial charge in [-0.15, -0.1) is 11.3 Å². The van der Waals surface area contributed by atoms with Crippen molar-refractivity contribution in [1.82, 2.24) is 14.3 Å². The number of thiazole rings is 1. The minimum absolute atomic E-state index is 0.236. The summed E-state index contributed by atoms with van der Waals surface area (Å²) in [6.07, 6.45) is 2.48. The van der Waals surface area contributed by atoms with Crippen LogP contribution in [0, 0.1) is 6.92 Å². The highest BCUT2D eigenvalue weighted by molar-refractivity contribution is 7.15. The molecular weight excluding hydrogens is 336 g/mol. The number of aromatic nitrogens is 3. The predicted molar refractivity (Wildman–Crippen MR) is 101 cm³/mol. The van der Waals surface area contributed by atoms with Crippen molar-refractivity contribution in [2.24, 2.45) is 0 Å². The normalized spacial score (nSPS) is 15.5. The molecule has 0 spiro atoms. The minimum Gasteiger partial charge on any atom is -0.342 e. The number of benzene rings is 1. The maximum Gasteiger partial charge on any atom is 0.205 e. The monoisotopic (exact) mass is 356 g/mol. The Morgan fingerprint density at radius 2 is 1.92 bits per heavy atom. The molecule has 4 nitrogen and oxygen atoms in total. The molecule has 0 bridgehead atoms. The van der Waals surface area contributed by atoms with E-state index < -0.39 is 0 Å². The average molecular weight is 357 g/mol. The molecule has 0 saturated heterocycles. The van der Waals surface area contributed by atoms with Gasteiger partial charge < -0.3 is 4.90 Å². The Labute approximate surface area is 150 Å². The fraction of sp³-hybridized carbons (Fsp3) is 0.389. The van der Waals surface area contributed by atoms with Crippen LogP contribution in [-0.2, 0) is 0 Å². The Kier molecular flexibility index (Phi) is 4.10. The van der Waals surface area contributed by atoms with Gasteiger partial charge in [-0.1, -0.05) is 30.3 Å². The van der Waals surface area contributed by atoms with Crippen LogP contribution in [0.5, 0.6) is 0 Å². The van der Waals surface area contributed by atoms with Crippen molar-refractivity contribution in [2.45, 2.75) is 38.6 Å². The molecule has 0 amide bonds. The number of rotatable bonds is 5. The molecule has 1 atom stereocenters. The summed E-state index contributed by atoms with van der Waals surface area (Å²) in [5, 5.41) is 2.08. The molecule has 4 rings (SSSR count). The smallest absolute Gasteiger partial charge is 0.205 e. The third kappa shape index (κ3) is 2.96. The zero-order valence-electron chi connectivity index (χ0n) is 14.1. The molecule has 6 heteroatoms. The maximum atomic E-state index is 4.78. The third-order valence-corrected chi connectivity index (χ3v) is 6.69. The second kappa shape index (κ2) is 6.26. The molecule has 2 heterocycles. The molecule has 0 N–H and O–H groups in total. The summed E-state index contributed by atoms with van der Waals surface area (Å²) in [7, 11) is 2.10. The molecule has 2 aromatic heterocycles. The van der Waals surface area contributed by atoms with E-state index in [1.807, 2.05) is 6.07 Å². The van der Waals surface area contributed by atoms with Crippen LogP contribution in [0.2, 0.25) is 0 Å². The van der Waals surface area contributed by atoms with Crippen molar-refractivity contribution in [3.8, 4) is 10.6 Å².